The Bertz CT molecular complexity index is 709. The van der Waals surface area contributed by atoms with Gasteiger partial charge in [-0.15, -0.1) is 0 Å². The molecule has 0 radical (unpaired) electrons. The molecule has 5 heteroatoms. The maximum absolute atomic E-state index is 12.3. The van der Waals surface area contributed by atoms with E-state index in [2.05, 4.69) is 50.4 Å². The second-order valence-electron chi connectivity index (χ2n) is 7.03. The molecule has 1 saturated heterocycles. The summed E-state index contributed by atoms with van der Waals surface area (Å²) in [4.78, 5) is 16.8. The van der Waals surface area contributed by atoms with Crippen LogP contribution in [0.2, 0.25) is 0 Å². The van der Waals surface area contributed by atoms with Gasteiger partial charge in [0.05, 0.1) is 6.54 Å². The fraction of sp³-hybridized carbons (Fsp3) is 0.381. The average Bonchev–Trinajstić information content (AvgIpc) is 3.11. The molecule has 1 N–H and O–H groups in total. The van der Waals surface area contributed by atoms with Crippen LogP contribution >= 0.6 is 15.9 Å². The molecule has 0 aliphatic carbocycles. The predicted octanol–water partition coefficient (Wildman–Crippen LogP) is 4.12. The molecule has 0 aromatic heterocycles. The number of rotatable bonds is 7. The van der Waals surface area contributed by atoms with Crippen molar-refractivity contribution in [3.63, 3.8) is 0 Å². The summed E-state index contributed by atoms with van der Waals surface area (Å²) >= 11 is 3.44. The smallest absolute Gasteiger partial charge is 0.238 e. The van der Waals surface area contributed by atoms with Crippen LogP contribution in [0.25, 0.3) is 0 Å². The number of likely N-dealkylation sites (N-methyl/N-ethyl adjacent to an activating group) is 1. The van der Waals surface area contributed by atoms with Gasteiger partial charge in [-0.1, -0.05) is 40.2 Å². The SMILES string of the molecule is CN(CC(=O)Nc1ccc(CN2CCCC2)cc1)Cc1ccc(Br)cc1. The number of carbonyl (C=O) groups excluding carboxylic acids is 1. The average molecular weight is 416 g/mol. The van der Waals surface area contributed by atoms with Gasteiger partial charge in [-0.3, -0.25) is 14.6 Å². The molecule has 0 atom stereocenters. The van der Waals surface area contributed by atoms with Gasteiger partial charge in [0.1, 0.15) is 0 Å². The largest absolute Gasteiger partial charge is 0.325 e. The van der Waals surface area contributed by atoms with Gasteiger partial charge in [0.15, 0.2) is 0 Å². The molecule has 1 heterocycles. The van der Waals surface area contributed by atoms with Crippen molar-refractivity contribution in [2.45, 2.75) is 25.9 Å². The van der Waals surface area contributed by atoms with Crippen LogP contribution in [-0.4, -0.2) is 42.4 Å². The monoisotopic (exact) mass is 415 g/mol. The summed E-state index contributed by atoms with van der Waals surface area (Å²) in [6.07, 6.45) is 2.61. The molecular formula is C21H26BrN3O. The van der Waals surface area contributed by atoms with E-state index in [0.29, 0.717) is 6.54 Å². The summed E-state index contributed by atoms with van der Waals surface area (Å²) in [7, 11) is 1.96. The van der Waals surface area contributed by atoms with Crippen molar-refractivity contribution < 1.29 is 4.79 Å². The van der Waals surface area contributed by atoms with Crippen LogP contribution in [-0.2, 0) is 17.9 Å². The first-order valence-corrected chi connectivity index (χ1v) is 9.92. The molecule has 0 unspecified atom stereocenters. The predicted molar refractivity (Wildman–Crippen MR) is 110 cm³/mol. The maximum atomic E-state index is 12.3. The highest BCUT2D eigenvalue weighted by Gasteiger charge is 2.12. The van der Waals surface area contributed by atoms with E-state index in [0.717, 1.165) is 23.2 Å². The van der Waals surface area contributed by atoms with Crippen LogP contribution in [0.4, 0.5) is 5.69 Å². The molecule has 3 rings (SSSR count). The van der Waals surface area contributed by atoms with Crippen LogP contribution in [0.3, 0.4) is 0 Å². The number of halogens is 1. The van der Waals surface area contributed by atoms with Crippen molar-refractivity contribution in [3.05, 3.63) is 64.1 Å². The molecule has 0 spiro atoms. The number of hydrogen-bond acceptors (Lipinski definition) is 3. The number of amides is 1. The topological polar surface area (TPSA) is 35.6 Å². The minimum absolute atomic E-state index is 0.0110. The molecule has 2 aromatic rings. The Labute approximate surface area is 164 Å². The summed E-state index contributed by atoms with van der Waals surface area (Å²) < 4.78 is 1.06. The highest BCUT2D eigenvalue weighted by molar-refractivity contribution is 9.10. The summed E-state index contributed by atoms with van der Waals surface area (Å²) in [5.41, 5.74) is 3.35. The van der Waals surface area contributed by atoms with E-state index in [-0.39, 0.29) is 5.91 Å². The van der Waals surface area contributed by atoms with Crippen molar-refractivity contribution in [3.8, 4) is 0 Å². The Morgan fingerprint density at radius 1 is 1.04 bits per heavy atom. The summed E-state index contributed by atoms with van der Waals surface area (Å²) in [6.45, 7) is 4.51. The fourth-order valence-corrected chi connectivity index (χ4v) is 3.56. The Hall–Kier alpha value is -1.69. The first-order chi connectivity index (χ1) is 12.6. The molecule has 1 aliphatic rings. The molecule has 138 valence electrons. The first kappa shape index (κ1) is 19.1. The molecule has 1 aliphatic heterocycles. The van der Waals surface area contributed by atoms with E-state index in [4.69, 9.17) is 0 Å². The number of nitrogens with zero attached hydrogens (tertiary/aromatic N) is 2. The molecule has 1 amide bonds. The van der Waals surface area contributed by atoms with E-state index in [1.165, 1.54) is 37.1 Å². The zero-order valence-electron chi connectivity index (χ0n) is 15.2. The van der Waals surface area contributed by atoms with Gasteiger partial charge >= 0.3 is 0 Å². The molecule has 1 fully saturated rings. The van der Waals surface area contributed by atoms with Gasteiger partial charge in [-0.2, -0.15) is 0 Å². The van der Waals surface area contributed by atoms with Crippen molar-refractivity contribution in [2.24, 2.45) is 0 Å². The Kier molecular flexibility index (Phi) is 6.83. The Balaban J connectivity index is 1.45. The van der Waals surface area contributed by atoms with E-state index in [1.54, 1.807) is 0 Å². The zero-order chi connectivity index (χ0) is 18.4. The number of likely N-dealkylation sites (tertiary alicyclic amines) is 1. The van der Waals surface area contributed by atoms with Gasteiger partial charge in [0, 0.05) is 23.2 Å². The minimum Gasteiger partial charge on any atom is -0.325 e. The standard InChI is InChI=1S/C21H26BrN3O/c1-24(14-17-4-8-19(22)9-5-17)16-21(26)23-20-10-6-18(7-11-20)15-25-12-2-3-13-25/h4-11H,2-3,12-16H2,1H3,(H,23,26). The number of anilines is 1. The maximum Gasteiger partial charge on any atom is 0.238 e. The summed E-state index contributed by atoms with van der Waals surface area (Å²) in [5, 5.41) is 2.99. The highest BCUT2D eigenvalue weighted by Crippen LogP contribution is 2.15. The molecule has 0 bridgehead atoms. The second-order valence-corrected chi connectivity index (χ2v) is 7.94. The van der Waals surface area contributed by atoms with Gasteiger partial charge in [0.25, 0.3) is 0 Å². The zero-order valence-corrected chi connectivity index (χ0v) is 16.8. The van der Waals surface area contributed by atoms with Gasteiger partial charge in [0.2, 0.25) is 5.91 Å². The Morgan fingerprint density at radius 2 is 1.65 bits per heavy atom. The molecule has 4 nitrogen and oxygen atoms in total. The van der Waals surface area contributed by atoms with Crippen LogP contribution in [0.5, 0.6) is 0 Å². The van der Waals surface area contributed by atoms with Crippen molar-refractivity contribution in [1.29, 1.82) is 0 Å². The van der Waals surface area contributed by atoms with Crippen LogP contribution in [0.15, 0.2) is 53.0 Å². The highest BCUT2D eigenvalue weighted by atomic mass is 79.9. The van der Waals surface area contributed by atoms with E-state index < -0.39 is 0 Å². The van der Waals surface area contributed by atoms with E-state index >= 15 is 0 Å². The van der Waals surface area contributed by atoms with E-state index in [9.17, 15) is 4.79 Å². The normalized spacial score (nSPS) is 14.7. The fourth-order valence-electron chi connectivity index (χ4n) is 3.30. The quantitative estimate of drug-likeness (QED) is 0.738. The van der Waals surface area contributed by atoms with Crippen LogP contribution < -0.4 is 5.32 Å². The van der Waals surface area contributed by atoms with E-state index in [1.807, 2.05) is 36.2 Å². The second kappa shape index (κ2) is 9.31. The lowest BCUT2D eigenvalue weighted by Crippen LogP contribution is -2.29. The lowest BCUT2D eigenvalue weighted by atomic mass is 10.2. The summed E-state index contributed by atoms with van der Waals surface area (Å²) in [5.74, 6) is 0.0110. The van der Waals surface area contributed by atoms with Crippen LogP contribution in [0.1, 0.15) is 24.0 Å². The van der Waals surface area contributed by atoms with Gasteiger partial charge in [-0.05, 0) is 68.4 Å². The molecule has 26 heavy (non-hydrogen) atoms. The van der Waals surface area contributed by atoms with Gasteiger partial charge in [-0.25, -0.2) is 0 Å². The summed E-state index contributed by atoms with van der Waals surface area (Å²) in [6, 6.07) is 16.4. The first-order valence-electron chi connectivity index (χ1n) is 9.12. The number of nitrogens with one attached hydrogen (secondary N) is 1. The lowest BCUT2D eigenvalue weighted by molar-refractivity contribution is -0.117. The third-order valence-corrected chi connectivity index (χ3v) is 5.15. The Morgan fingerprint density at radius 3 is 2.31 bits per heavy atom. The van der Waals surface area contributed by atoms with Crippen molar-refractivity contribution in [1.82, 2.24) is 9.80 Å². The van der Waals surface area contributed by atoms with Crippen molar-refractivity contribution >= 4 is 27.5 Å². The number of hydrogen-bond donors (Lipinski definition) is 1. The van der Waals surface area contributed by atoms with Gasteiger partial charge < -0.3 is 5.32 Å². The third kappa shape index (κ3) is 5.94. The number of benzene rings is 2. The molecule has 0 saturated carbocycles. The molecule has 2 aromatic carbocycles. The molecular weight excluding hydrogens is 390 g/mol. The third-order valence-electron chi connectivity index (χ3n) is 4.62. The van der Waals surface area contributed by atoms with Crippen LogP contribution in [0, 0.1) is 0 Å². The number of carbonyl (C=O) groups is 1. The minimum atomic E-state index is 0.0110. The lowest BCUT2D eigenvalue weighted by Gasteiger charge is -2.17. The van der Waals surface area contributed by atoms with Crippen molar-refractivity contribution in [2.75, 3.05) is 32.0 Å².